The van der Waals surface area contributed by atoms with Crippen molar-refractivity contribution in [1.82, 2.24) is 25.2 Å². The number of nitrogens with one attached hydrogen (secondary N) is 2. The van der Waals surface area contributed by atoms with Gasteiger partial charge in [0.1, 0.15) is 17.9 Å². The third-order valence-electron chi connectivity index (χ3n) is 4.50. The van der Waals surface area contributed by atoms with Crippen LogP contribution in [-0.4, -0.2) is 49.8 Å². The number of benzene rings is 1. The molecule has 1 aromatic heterocycles. The minimum atomic E-state index is -1.04. The first-order valence-corrected chi connectivity index (χ1v) is 9.03. The molecule has 2 heterocycles. The number of nitrogens with zero attached hydrogens (tertiary/aromatic N) is 4. The molecule has 2 aromatic rings. The lowest BCUT2D eigenvalue weighted by Gasteiger charge is -2.18. The van der Waals surface area contributed by atoms with Gasteiger partial charge >= 0.3 is 12.0 Å². The molecule has 1 atom stereocenters. The SMILES string of the molecule is CCC1(C)NC(=O)N(CC(=O)OCc2nc(N)nc(Nc3ccc(F)cc3)n2)C1=O. The molecule has 0 radical (unpaired) electrons. The maximum absolute atomic E-state index is 13.0. The molecule has 11 nitrogen and oxygen atoms in total. The lowest BCUT2D eigenvalue weighted by atomic mass is 9.99. The second kappa shape index (κ2) is 8.27. The summed E-state index contributed by atoms with van der Waals surface area (Å²) in [7, 11) is 0. The molecule has 4 N–H and O–H groups in total. The molecule has 1 saturated heterocycles. The number of halogens is 1. The Hall–Kier alpha value is -3.83. The zero-order valence-corrected chi connectivity index (χ0v) is 16.3. The Morgan fingerprint density at radius 3 is 2.60 bits per heavy atom. The molecule has 0 spiro atoms. The monoisotopic (exact) mass is 417 g/mol. The molecule has 158 valence electrons. The van der Waals surface area contributed by atoms with Gasteiger partial charge < -0.3 is 21.1 Å². The number of hydrogen-bond acceptors (Lipinski definition) is 9. The van der Waals surface area contributed by atoms with E-state index in [4.69, 9.17) is 10.5 Å². The summed E-state index contributed by atoms with van der Waals surface area (Å²) >= 11 is 0. The third-order valence-corrected chi connectivity index (χ3v) is 4.50. The largest absolute Gasteiger partial charge is 0.456 e. The van der Waals surface area contributed by atoms with Gasteiger partial charge in [0.2, 0.25) is 11.9 Å². The van der Waals surface area contributed by atoms with E-state index in [1.165, 1.54) is 24.3 Å². The van der Waals surface area contributed by atoms with Crippen LogP contribution in [0.25, 0.3) is 0 Å². The van der Waals surface area contributed by atoms with Crippen LogP contribution in [-0.2, 0) is 20.9 Å². The molecule has 1 fully saturated rings. The number of nitrogen functional groups attached to an aromatic ring is 1. The van der Waals surface area contributed by atoms with E-state index in [2.05, 4.69) is 25.6 Å². The van der Waals surface area contributed by atoms with Gasteiger partial charge in [-0.2, -0.15) is 15.0 Å². The predicted octanol–water partition coefficient (Wildman–Crippen LogP) is 1.10. The predicted molar refractivity (Wildman–Crippen MR) is 103 cm³/mol. The number of imide groups is 1. The Morgan fingerprint density at radius 2 is 1.97 bits per heavy atom. The zero-order valence-electron chi connectivity index (χ0n) is 16.3. The number of esters is 1. The van der Waals surface area contributed by atoms with Crippen LogP contribution in [0.15, 0.2) is 24.3 Å². The van der Waals surface area contributed by atoms with Crippen LogP contribution >= 0.6 is 0 Å². The first kappa shape index (κ1) is 20.9. The van der Waals surface area contributed by atoms with Crippen molar-refractivity contribution in [3.05, 3.63) is 35.9 Å². The van der Waals surface area contributed by atoms with Crippen LogP contribution in [0.4, 0.5) is 26.8 Å². The number of carbonyl (C=O) groups excluding carboxylic acids is 3. The molecule has 1 aromatic carbocycles. The topological polar surface area (TPSA) is 152 Å². The Kier molecular flexibility index (Phi) is 5.76. The maximum atomic E-state index is 13.0. The number of urea groups is 1. The highest BCUT2D eigenvalue weighted by molar-refractivity contribution is 6.08. The van der Waals surface area contributed by atoms with Crippen LogP contribution in [0, 0.1) is 5.82 Å². The molecule has 1 aliphatic heterocycles. The minimum absolute atomic E-state index is 0.0519. The van der Waals surface area contributed by atoms with Crippen LogP contribution < -0.4 is 16.4 Å². The number of aromatic nitrogens is 3. The fraction of sp³-hybridized carbons (Fsp3) is 0.333. The molecular weight excluding hydrogens is 397 g/mol. The van der Waals surface area contributed by atoms with Crippen molar-refractivity contribution < 1.29 is 23.5 Å². The molecule has 0 aliphatic carbocycles. The number of hydrogen-bond donors (Lipinski definition) is 3. The number of ether oxygens (including phenoxy) is 1. The fourth-order valence-corrected chi connectivity index (χ4v) is 2.67. The van der Waals surface area contributed by atoms with Crippen molar-refractivity contribution in [2.24, 2.45) is 0 Å². The van der Waals surface area contributed by atoms with Gasteiger partial charge in [0.15, 0.2) is 12.4 Å². The normalized spacial score (nSPS) is 18.3. The smallest absolute Gasteiger partial charge is 0.326 e. The number of rotatable bonds is 7. The summed E-state index contributed by atoms with van der Waals surface area (Å²) in [5, 5.41) is 5.38. The number of amides is 3. The van der Waals surface area contributed by atoms with Gasteiger partial charge in [-0.3, -0.25) is 14.5 Å². The average molecular weight is 417 g/mol. The van der Waals surface area contributed by atoms with E-state index >= 15 is 0 Å². The summed E-state index contributed by atoms with van der Waals surface area (Å²) in [5.41, 5.74) is 5.12. The number of carbonyl (C=O) groups is 3. The summed E-state index contributed by atoms with van der Waals surface area (Å²) in [5.74, 6) is -1.70. The van der Waals surface area contributed by atoms with E-state index in [0.29, 0.717) is 12.1 Å². The van der Waals surface area contributed by atoms with Crippen LogP contribution in [0.1, 0.15) is 26.1 Å². The third kappa shape index (κ3) is 4.59. The van der Waals surface area contributed by atoms with Crippen molar-refractivity contribution in [3.63, 3.8) is 0 Å². The van der Waals surface area contributed by atoms with Gasteiger partial charge in [-0.25, -0.2) is 9.18 Å². The van der Waals surface area contributed by atoms with E-state index in [0.717, 1.165) is 4.90 Å². The van der Waals surface area contributed by atoms with Crippen molar-refractivity contribution in [3.8, 4) is 0 Å². The molecule has 3 rings (SSSR count). The van der Waals surface area contributed by atoms with E-state index in [1.807, 2.05) is 0 Å². The van der Waals surface area contributed by atoms with Gasteiger partial charge in [-0.1, -0.05) is 6.92 Å². The van der Waals surface area contributed by atoms with Crippen LogP contribution in [0.5, 0.6) is 0 Å². The van der Waals surface area contributed by atoms with Gasteiger partial charge in [-0.15, -0.1) is 0 Å². The molecule has 30 heavy (non-hydrogen) atoms. The van der Waals surface area contributed by atoms with Gasteiger partial charge in [-0.05, 0) is 37.6 Å². The Bertz CT molecular complexity index is 985. The summed E-state index contributed by atoms with van der Waals surface area (Å²) in [6.07, 6.45) is 0.386. The Balaban J connectivity index is 1.61. The van der Waals surface area contributed by atoms with Crippen LogP contribution in [0.3, 0.4) is 0 Å². The molecule has 1 unspecified atom stereocenters. The summed E-state index contributed by atoms with van der Waals surface area (Å²) < 4.78 is 18.1. The van der Waals surface area contributed by atoms with Crippen molar-refractivity contribution in [2.45, 2.75) is 32.4 Å². The van der Waals surface area contributed by atoms with E-state index < -0.39 is 35.8 Å². The fourth-order valence-electron chi connectivity index (χ4n) is 2.67. The number of nitrogens with two attached hydrogens (primary N) is 1. The number of anilines is 3. The minimum Gasteiger partial charge on any atom is -0.456 e. The summed E-state index contributed by atoms with van der Waals surface area (Å²) in [4.78, 5) is 49.0. The Labute approximate surface area is 170 Å². The highest BCUT2D eigenvalue weighted by atomic mass is 19.1. The quantitative estimate of drug-likeness (QED) is 0.444. The molecule has 3 amide bonds. The lowest BCUT2D eigenvalue weighted by Crippen LogP contribution is -2.43. The van der Waals surface area contributed by atoms with E-state index in [9.17, 15) is 18.8 Å². The van der Waals surface area contributed by atoms with Gasteiger partial charge in [0.05, 0.1) is 0 Å². The molecule has 12 heteroatoms. The second-order valence-electron chi connectivity index (χ2n) is 6.73. The first-order valence-electron chi connectivity index (χ1n) is 9.03. The Morgan fingerprint density at radius 1 is 1.27 bits per heavy atom. The zero-order chi connectivity index (χ0) is 21.9. The van der Waals surface area contributed by atoms with Crippen molar-refractivity contribution in [1.29, 1.82) is 0 Å². The summed E-state index contributed by atoms with van der Waals surface area (Å²) in [6, 6.07) is 4.83. The van der Waals surface area contributed by atoms with Gasteiger partial charge in [0, 0.05) is 5.69 Å². The molecule has 1 aliphatic rings. The molecule has 0 saturated carbocycles. The standard InChI is InChI=1S/C18H20FN7O4/c1-3-18(2)14(28)26(17(29)25-18)8-13(27)30-9-12-22-15(20)24-16(23-12)21-11-6-4-10(19)5-7-11/h4-7H,3,8-9H2,1-2H3,(H,25,29)(H3,20,21,22,23,24). The van der Waals surface area contributed by atoms with Crippen LogP contribution in [0.2, 0.25) is 0 Å². The van der Waals surface area contributed by atoms with E-state index in [-0.39, 0.29) is 24.3 Å². The van der Waals surface area contributed by atoms with Gasteiger partial charge in [0.25, 0.3) is 5.91 Å². The van der Waals surface area contributed by atoms with Crippen molar-refractivity contribution in [2.75, 3.05) is 17.6 Å². The highest BCUT2D eigenvalue weighted by Gasteiger charge is 2.47. The first-order chi connectivity index (χ1) is 14.2. The summed E-state index contributed by atoms with van der Waals surface area (Å²) in [6.45, 7) is 2.45. The lowest BCUT2D eigenvalue weighted by molar-refractivity contribution is -0.149. The molecule has 0 bridgehead atoms. The molecular formula is C18H20FN7O4. The maximum Gasteiger partial charge on any atom is 0.326 e. The van der Waals surface area contributed by atoms with Crippen molar-refractivity contribution >= 4 is 35.5 Å². The van der Waals surface area contributed by atoms with E-state index in [1.54, 1.807) is 13.8 Å². The average Bonchev–Trinajstić information content (AvgIpc) is 2.91. The highest BCUT2D eigenvalue weighted by Crippen LogP contribution is 2.20. The second-order valence-corrected chi connectivity index (χ2v) is 6.73.